The summed E-state index contributed by atoms with van der Waals surface area (Å²) in [6.45, 7) is -0.429. The molecule has 0 aromatic heterocycles. The Bertz CT molecular complexity index is 2110. The molecule has 0 bridgehead atoms. The van der Waals surface area contributed by atoms with Crippen molar-refractivity contribution in [1.29, 1.82) is 0 Å². The van der Waals surface area contributed by atoms with Crippen LogP contribution in [0.4, 0.5) is 4.79 Å². The molecule has 6 aromatic rings. The fourth-order valence-corrected chi connectivity index (χ4v) is 5.82. The van der Waals surface area contributed by atoms with E-state index in [4.69, 9.17) is 21.2 Å². The predicted octanol–water partition coefficient (Wildman–Crippen LogP) is 6.68. The Morgan fingerprint density at radius 3 is 2.02 bits per heavy atom. The molecule has 246 valence electrons. The molecule has 0 aliphatic rings. The van der Waals surface area contributed by atoms with Gasteiger partial charge in [0, 0.05) is 17.9 Å². The molecule has 1 atom stereocenters. The highest BCUT2D eigenvalue weighted by Gasteiger charge is 2.23. The van der Waals surface area contributed by atoms with Gasteiger partial charge in [-0.25, -0.2) is 9.59 Å². The van der Waals surface area contributed by atoms with Crippen LogP contribution in [0.15, 0.2) is 121 Å². The first-order valence-electron chi connectivity index (χ1n) is 15.7. The van der Waals surface area contributed by atoms with Crippen molar-refractivity contribution in [2.45, 2.75) is 18.9 Å². The summed E-state index contributed by atoms with van der Waals surface area (Å²) >= 11 is 5.84. The lowest BCUT2D eigenvalue weighted by molar-refractivity contribution is -0.132. The number of carbonyl (C=O) groups is 4. The Morgan fingerprint density at radius 2 is 1.33 bits per heavy atom. The van der Waals surface area contributed by atoms with E-state index >= 15 is 0 Å². The molecule has 0 unspecified atom stereocenters. The van der Waals surface area contributed by atoms with Gasteiger partial charge in [0.2, 0.25) is 5.91 Å². The van der Waals surface area contributed by atoms with Gasteiger partial charge in [0.1, 0.15) is 6.04 Å². The van der Waals surface area contributed by atoms with E-state index in [0.29, 0.717) is 11.4 Å². The molecule has 49 heavy (non-hydrogen) atoms. The number of hydroxylamine groups is 1. The largest absolute Gasteiger partial charge is 0.449 e. The summed E-state index contributed by atoms with van der Waals surface area (Å²) in [5.41, 5.74) is 4.06. The normalized spacial score (nSPS) is 11.5. The lowest BCUT2D eigenvalue weighted by Gasteiger charge is -2.19. The fraction of sp³-hybridized carbons (Fsp3) is 0.128. The molecule has 0 saturated heterocycles. The van der Waals surface area contributed by atoms with Crippen LogP contribution < -0.4 is 16.1 Å². The number of alkyl carbamates (subject to hydrolysis) is 1. The van der Waals surface area contributed by atoms with E-state index in [9.17, 15) is 19.2 Å². The van der Waals surface area contributed by atoms with Crippen molar-refractivity contribution in [1.82, 2.24) is 16.1 Å². The van der Waals surface area contributed by atoms with Crippen LogP contribution in [0.5, 0.6) is 0 Å². The Hall–Kier alpha value is -5.93. The van der Waals surface area contributed by atoms with Gasteiger partial charge in [0.15, 0.2) is 0 Å². The van der Waals surface area contributed by atoms with E-state index < -0.39 is 36.5 Å². The molecule has 6 rings (SSSR count). The van der Waals surface area contributed by atoms with E-state index in [1.165, 1.54) is 24.3 Å². The lowest BCUT2D eigenvalue weighted by atomic mass is 9.95. The van der Waals surface area contributed by atoms with Crippen LogP contribution in [-0.4, -0.2) is 43.1 Å². The van der Waals surface area contributed by atoms with E-state index in [1.54, 1.807) is 0 Å². The zero-order valence-corrected chi connectivity index (χ0v) is 27.0. The number of benzene rings is 6. The summed E-state index contributed by atoms with van der Waals surface area (Å²) < 4.78 is 5.60. The zero-order chi connectivity index (χ0) is 34.2. The van der Waals surface area contributed by atoms with Crippen LogP contribution in [-0.2, 0) is 32.0 Å². The highest BCUT2D eigenvalue weighted by atomic mass is 35.5. The topological polar surface area (TPSA) is 123 Å². The van der Waals surface area contributed by atoms with Gasteiger partial charge < -0.3 is 20.2 Å². The van der Waals surface area contributed by atoms with Crippen molar-refractivity contribution in [3.05, 3.63) is 143 Å². The first-order chi connectivity index (χ1) is 23.8. The quantitative estimate of drug-likeness (QED) is 0.110. The SMILES string of the molecule is O=C(CNC(=O)[C@H](Cc1ccc2ccccc2c1)NC(=O)OCCc1c2ccccc2cc2ccccc12)NOC(=O)c1ccc(Cl)cc1. The van der Waals surface area contributed by atoms with Gasteiger partial charge >= 0.3 is 12.1 Å². The number of halogens is 1. The van der Waals surface area contributed by atoms with Crippen molar-refractivity contribution >= 4 is 67.8 Å². The summed E-state index contributed by atoms with van der Waals surface area (Å²) in [5, 5.41) is 12.0. The van der Waals surface area contributed by atoms with E-state index in [2.05, 4.69) is 41.0 Å². The Balaban J connectivity index is 1.10. The molecular weight excluding hydrogens is 642 g/mol. The van der Waals surface area contributed by atoms with E-state index in [1.807, 2.05) is 72.2 Å². The molecule has 0 saturated carbocycles. The lowest BCUT2D eigenvalue weighted by Crippen LogP contribution is -2.50. The molecule has 10 heteroatoms. The third-order valence-electron chi connectivity index (χ3n) is 8.09. The van der Waals surface area contributed by atoms with Crippen LogP contribution in [0.3, 0.4) is 0 Å². The number of fused-ring (bicyclic) bond motifs is 3. The highest BCUT2D eigenvalue weighted by Crippen LogP contribution is 2.29. The molecule has 3 amide bonds. The third-order valence-corrected chi connectivity index (χ3v) is 8.34. The van der Waals surface area contributed by atoms with Crippen LogP contribution >= 0.6 is 11.6 Å². The van der Waals surface area contributed by atoms with Crippen LogP contribution in [0.2, 0.25) is 5.02 Å². The molecular formula is C39H32ClN3O6. The second-order valence-electron chi connectivity index (χ2n) is 11.4. The average Bonchev–Trinajstić information content (AvgIpc) is 3.12. The zero-order valence-electron chi connectivity index (χ0n) is 26.3. The number of hydrogen-bond acceptors (Lipinski definition) is 6. The Kier molecular flexibility index (Phi) is 10.3. The third kappa shape index (κ3) is 8.33. The second kappa shape index (κ2) is 15.3. The summed E-state index contributed by atoms with van der Waals surface area (Å²) in [7, 11) is 0. The van der Waals surface area contributed by atoms with Crippen LogP contribution in [0.25, 0.3) is 32.3 Å². The van der Waals surface area contributed by atoms with Crippen LogP contribution in [0.1, 0.15) is 21.5 Å². The summed E-state index contributed by atoms with van der Waals surface area (Å²) in [4.78, 5) is 55.9. The number of carbonyl (C=O) groups excluding carboxylic acids is 4. The summed E-state index contributed by atoms with van der Waals surface area (Å²) in [6.07, 6.45) is -0.176. The monoisotopic (exact) mass is 673 g/mol. The van der Waals surface area contributed by atoms with Gasteiger partial charge in [0.25, 0.3) is 5.91 Å². The molecule has 0 spiro atoms. The van der Waals surface area contributed by atoms with E-state index in [0.717, 1.165) is 43.4 Å². The second-order valence-corrected chi connectivity index (χ2v) is 11.8. The van der Waals surface area contributed by atoms with Gasteiger partial charge in [-0.2, -0.15) is 5.48 Å². The first kappa shape index (κ1) is 33.0. The van der Waals surface area contributed by atoms with Gasteiger partial charge in [-0.3, -0.25) is 9.59 Å². The maximum absolute atomic E-state index is 13.3. The average molecular weight is 674 g/mol. The summed E-state index contributed by atoms with van der Waals surface area (Å²) in [6, 6.07) is 36.7. The number of amides is 3. The molecule has 0 fully saturated rings. The molecule has 3 N–H and O–H groups in total. The number of ether oxygens (including phenoxy) is 1. The molecule has 0 heterocycles. The number of nitrogens with one attached hydrogen (secondary N) is 3. The van der Waals surface area contributed by atoms with Crippen molar-refractivity contribution in [3.8, 4) is 0 Å². The maximum Gasteiger partial charge on any atom is 0.407 e. The molecule has 9 nitrogen and oxygen atoms in total. The molecule has 0 radical (unpaired) electrons. The minimum Gasteiger partial charge on any atom is -0.449 e. The minimum absolute atomic E-state index is 0.0789. The molecule has 0 aliphatic carbocycles. The van der Waals surface area contributed by atoms with Crippen LogP contribution in [0, 0.1) is 0 Å². The van der Waals surface area contributed by atoms with Gasteiger partial charge in [-0.1, -0.05) is 103 Å². The van der Waals surface area contributed by atoms with Crippen molar-refractivity contribution in [2.24, 2.45) is 0 Å². The maximum atomic E-state index is 13.3. The van der Waals surface area contributed by atoms with E-state index in [-0.39, 0.29) is 18.6 Å². The Morgan fingerprint density at radius 1 is 0.694 bits per heavy atom. The van der Waals surface area contributed by atoms with Gasteiger partial charge in [-0.05, 0) is 73.8 Å². The van der Waals surface area contributed by atoms with Crippen molar-refractivity contribution < 1.29 is 28.8 Å². The summed E-state index contributed by atoms with van der Waals surface area (Å²) in [5.74, 6) is -2.19. The minimum atomic E-state index is -1.07. The fourth-order valence-electron chi connectivity index (χ4n) is 5.69. The van der Waals surface area contributed by atoms with Gasteiger partial charge in [0.05, 0.1) is 18.7 Å². The van der Waals surface area contributed by atoms with Crippen molar-refractivity contribution in [3.63, 3.8) is 0 Å². The Labute approximate surface area is 287 Å². The number of rotatable bonds is 10. The molecule has 0 aliphatic heterocycles. The first-order valence-corrected chi connectivity index (χ1v) is 16.1. The highest BCUT2D eigenvalue weighted by molar-refractivity contribution is 6.30. The van der Waals surface area contributed by atoms with Gasteiger partial charge in [-0.15, -0.1) is 0 Å². The standard InChI is InChI=1S/C39H32ClN3O6/c40-31-17-15-27(16-18-31)38(46)49-43-36(44)24-41-37(45)35(22-25-13-14-26-7-1-2-8-28(26)21-25)42-39(47)48-20-19-34-32-11-5-3-9-29(32)23-30-10-4-6-12-33(30)34/h1-18,21,23,35H,19-20,22,24H2,(H,41,45)(H,42,47)(H,43,44)/t35-/m0/s1. The predicted molar refractivity (Wildman–Crippen MR) is 189 cm³/mol. The van der Waals surface area contributed by atoms with Crippen molar-refractivity contribution in [2.75, 3.05) is 13.2 Å². The number of hydrogen-bond donors (Lipinski definition) is 3. The molecule has 6 aromatic carbocycles. The smallest absolute Gasteiger partial charge is 0.407 e.